The number of aliphatic carboxylic acids is 1. The maximum absolute atomic E-state index is 11.8. The van der Waals surface area contributed by atoms with Gasteiger partial charge in [-0.1, -0.05) is 37.3 Å². The number of hydrogen-bond donors (Lipinski definition) is 1. The summed E-state index contributed by atoms with van der Waals surface area (Å²) in [7, 11) is 1.57. The van der Waals surface area contributed by atoms with E-state index in [1.54, 1.807) is 25.3 Å². The van der Waals surface area contributed by atoms with Crippen LogP contribution in [-0.4, -0.2) is 18.2 Å². The Morgan fingerprint density at radius 3 is 2.50 bits per heavy atom. The van der Waals surface area contributed by atoms with Gasteiger partial charge in [-0.2, -0.15) is 0 Å². The molecule has 1 saturated carbocycles. The van der Waals surface area contributed by atoms with Crippen molar-refractivity contribution in [2.24, 2.45) is 5.92 Å². The Balaban J connectivity index is 2.36. The Morgan fingerprint density at radius 1 is 1.30 bits per heavy atom. The molecule has 110 valence electrons. The van der Waals surface area contributed by atoms with Crippen molar-refractivity contribution in [3.8, 4) is 5.75 Å². The number of carboxylic acid groups (broad SMARTS) is 1. The van der Waals surface area contributed by atoms with Crippen LogP contribution in [0.15, 0.2) is 18.2 Å². The largest absolute Gasteiger partial charge is 0.496 e. The van der Waals surface area contributed by atoms with Crippen LogP contribution in [-0.2, 0) is 4.79 Å². The highest BCUT2D eigenvalue weighted by Crippen LogP contribution is 2.40. The minimum absolute atomic E-state index is 0.169. The molecule has 1 aliphatic carbocycles. The zero-order valence-corrected chi connectivity index (χ0v) is 12.5. The molecule has 0 amide bonds. The lowest BCUT2D eigenvalue weighted by Crippen LogP contribution is -2.22. The molecule has 0 saturated heterocycles. The van der Waals surface area contributed by atoms with E-state index in [-0.39, 0.29) is 5.92 Å². The number of hydrogen-bond acceptors (Lipinski definition) is 2. The average Bonchev–Trinajstić information content (AvgIpc) is 2.68. The molecule has 1 aromatic rings. The van der Waals surface area contributed by atoms with E-state index < -0.39 is 11.9 Å². The van der Waals surface area contributed by atoms with Crippen molar-refractivity contribution in [1.82, 2.24) is 0 Å². The quantitative estimate of drug-likeness (QED) is 0.833. The highest BCUT2D eigenvalue weighted by Gasteiger charge is 2.32. The summed E-state index contributed by atoms with van der Waals surface area (Å²) in [5.41, 5.74) is 0.708. The molecule has 0 aliphatic heterocycles. The predicted octanol–water partition coefficient (Wildman–Crippen LogP) is 4.49. The minimum Gasteiger partial charge on any atom is -0.496 e. The third-order valence-corrected chi connectivity index (χ3v) is 4.40. The lowest BCUT2D eigenvalue weighted by atomic mass is 9.81. The second kappa shape index (κ2) is 6.98. The van der Waals surface area contributed by atoms with Crippen LogP contribution < -0.4 is 4.74 Å². The van der Waals surface area contributed by atoms with Crippen LogP contribution in [0.1, 0.15) is 50.0 Å². The van der Waals surface area contributed by atoms with Gasteiger partial charge < -0.3 is 9.84 Å². The van der Waals surface area contributed by atoms with Crippen LogP contribution in [0.5, 0.6) is 5.75 Å². The second-order valence-electron chi connectivity index (χ2n) is 5.45. The Morgan fingerprint density at radius 2 is 1.95 bits per heavy atom. The van der Waals surface area contributed by atoms with Gasteiger partial charge in [0.25, 0.3) is 0 Å². The molecule has 0 bridgehead atoms. The monoisotopic (exact) mass is 296 g/mol. The summed E-state index contributed by atoms with van der Waals surface area (Å²) < 4.78 is 5.33. The van der Waals surface area contributed by atoms with E-state index in [1.807, 2.05) is 0 Å². The van der Waals surface area contributed by atoms with E-state index in [9.17, 15) is 9.90 Å². The Hall–Kier alpha value is -1.22. The van der Waals surface area contributed by atoms with Gasteiger partial charge in [0.1, 0.15) is 5.75 Å². The van der Waals surface area contributed by atoms with E-state index >= 15 is 0 Å². The molecule has 1 aromatic carbocycles. The normalized spacial score (nSPS) is 18.3. The lowest BCUT2D eigenvalue weighted by Gasteiger charge is -2.24. The SMILES string of the molecule is COc1ccc(Cl)cc1C(C(=O)O)C1CCCCCC1. The van der Waals surface area contributed by atoms with E-state index in [0.29, 0.717) is 16.3 Å². The van der Waals surface area contributed by atoms with E-state index in [2.05, 4.69) is 0 Å². The molecule has 1 unspecified atom stereocenters. The van der Waals surface area contributed by atoms with E-state index in [4.69, 9.17) is 16.3 Å². The molecular weight excluding hydrogens is 276 g/mol. The number of benzene rings is 1. The maximum atomic E-state index is 11.8. The summed E-state index contributed by atoms with van der Waals surface area (Å²) in [6.07, 6.45) is 6.55. The number of methoxy groups -OCH3 is 1. The Bertz CT molecular complexity index is 465. The first-order valence-electron chi connectivity index (χ1n) is 7.19. The molecule has 0 aromatic heterocycles. The second-order valence-corrected chi connectivity index (χ2v) is 5.89. The fraction of sp³-hybridized carbons (Fsp3) is 0.562. The van der Waals surface area contributed by atoms with E-state index in [1.165, 1.54) is 12.8 Å². The van der Waals surface area contributed by atoms with Crippen LogP contribution >= 0.6 is 11.6 Å². The number of rotatable bonds is 4. The topological polar surface area (TPSA) is 46.5 Å². The van der Waals surface area contributed by atoms with Crippen LogP contribution in [0.3, 0.4) is 0 Å². The van der Waals surface area contributed by atoms with E-state index in [0.717, 1.165) is 25.7 Å². The Kier molecular flexibility index (Phi) is 5.30. The molecule has 1 atom stereocenters. The zero-order chi connectivity index (χ0) is 14.5. The van der Waals surface area contributed by atoms with Crippen LogP contribution in [0.2, 0.25) is 5.02 Å². The van der Waals surface area contributed by atoms with Crippen molar-refractivity contribution in [3.05, 3.63) is 28.8 Å². The van der Waals surface area contributed by atoms with Gasteiger partial charge in [0.2, 0.25) is 0 Å². The van der Waals surface area contributed by atoms with Gasteiger partial charge in [-0.15, -0.1) is 0 Å². The highest BCUT2D eigenvalue weighted by molar-refractivity contribution is 6.30. The summed E-state index contributed by atoms with van der Waals surface area (Å²) in [6, 6.07) is 5.23. The van der Waals surface area contributed by atoms with Gasteiger partial charge in [-0.3, -0.25) is 4.79 Å². The maximum Gasteiger partial charge on any atom is 0.311 e. The van der Waals surface area contributed by atoms with Crippen molar-refractivity contribution in [3.63, 3.8) is 0 Å². The first-order chi connectivity index (χ1) is 9.63. The molecule has 4 heteroatoms. The van der Waals surface area contributed by atoms with Gasteiger partial charge in [0.05, 0.1) is 13.0 Å². The standard InChI is InChI=1S/C16H21ClO3/c1-20-14-9-8-12(17)10-13(14)15(16(18)19)11-6-4-2-3-5-7-11/h8-11,15H,2-7H2,1H3,(H,18,19). The summed E-state index contributed by atoms with van der Waals surface area (Å²) in [6.45, 7) is 0. The van der Waals surface area contributed by atoms with Crippen molar-refractivity contribution in [2.75, 3.05) is 7.11 Å². The molecule has 20 heavy (non-hydrogen) atoms. The number of carbonyl (C=O) groups is 1. The molecule has 1 aliphatic rings. The minimum atomic E-state index is -0.780. The molecule has 0 radical (unpaired) electrons. The van der Waals surface area contributed by atoms with Crippen LogP contribution in [0.25, 0.3) is 0 Å². The lowest BCUT2D eigenvalue weighted by molar-refractivity contribution is -0.140. The summed E-state index contributed by atoms with van der Waals surface area (Å²) >= 11 is 6.05. The fourth-order valence-electron chi connectivity index (χ4n) is 3.18. The smallest absolute Gasteiger partial charge is 0.311 e. The summed E-state index contributed by atoms with van der Waals surface area (Å²) in [4.78, 5) is 11.8. The van der Waals surface area contributed by atoms with Gasteiger partial charge in [0, 0.05) is 10.6 Å². The first kappa shape index (κ1) is 15.2. The highest BCUT2D eigenvalue weighted by atomic mass is 35.5. The number of ether oxygens (including phenoxy) is 1. The zero-order valence-electron chi connectivity index (χ0n) is 11.8. The average molecular weight is 297 g/mol. The fourth-order valence-corrected chi connectivity index (χ4v) is 3.36. The predicted molar refractivity (Wildman–Crippen MR) is 79.6 cm³/mol. The molecule has 3 nitrogen and oxygen atoms in total. The van der Waals surface area contributed by atoms with Gasteiger partial charge in [-0.05, 0) is 37.0 Å². The van der Waals surface area contributed by atoms with Gasteiger partial charge in [-0.25, -0.2) is 0 Å². The van der Waals surface area contributed by atoms with Crippen LogP contribution in [0.4, 0.5) is 0 Å². The third kappa shape index (κ3) is 3.45. The Labute approximate surface area is 124 Å². The van der Waals surface area contributed by atoms with Crippen molar-refractivity contribution in [1.29, 1.82) is 0 Å². The first-order valence-corrected chi connectivity index (χ1v) is 7.57. The molecule has 1 fully saturated rings. The van der Waals surface area contributed by atoms with Crippen LogP contribution in [0, 0.1) is 5.92 Å². The third-order valence-electron chi connectivity index (χ3n) is 4.16. The summed E-state index contributed by atoms with van der Waals surface area (Å²) in [5, 5.41) is 10.2. The molecule has 0 heterocycles. The molecule has 1 N–H and O–H groups in total. The van der Waals surface area contributed by atoms with Crippen molar-refractivity contribution in [2.45, 2.75) is 44.4 Å². The van der Waals surface area contributed by atoms with Gasteiger partial charge >= 0.3 is 5.97 Å². The molecule has 0 spiro atoms. The molecular formula is C16H21ClO3. The number of carboxylic acids is 1. The number of halogens is 1. The van der Waals surface area contributed by atoms with Crippen molar-refractivity contribution < 1.29 is 14.6 Å². The summed E-state index contributed by atoms with van der Waals surface area (Å²) in [5.74, 6) is -0.521. The van der Waals surface area contributed by atoms with Crippen molar-refractivity contribution >= 4 is 17.6 Å². The van der Waals surface area contributed by atoms with Gasteiger partial charge in [0.15, 0.2) is 0 Å². The molecule has 2 rings (SSSR count).